The molecule has 2 heterocycles. The Hall–Kier alpha value is -3.58. The number of fused-ring (bicyclic) bond motifs is 2. The zero-order chi connectivity index (χ0) is 28.5. The molecule has 216 valence electrons. The highest BCUT2D eigenvalue weighted by molar-refractivity contribution is 5.76. The second kappa shape index (κ2) is 11.7. The third-order valence-electron chi connectivity index (χ3n) is 8.67. The SMILES string of the molecule is COC(=O)C[C@@H]1COc2cc(OC3CCc4c(-c5c(C)cc(OCC6CCOCC6)cc5C)ccc(F)c43)ccc21. The lowest BCUT2D eigenvalue weighted by Gasteiger charge is -2.23. The summed E-state index contributed by atoms with van der Waals surface area (Å²) in [6, 6.07) is 13.3. The first-order valence-electron chi connectivity index (χ1n) is 14.5. The molecule has 6 rings (SSSR count). The zero-order valence-electron chi connectivity index (χ0n) is 24.0. The molecule has 1 fully saturated rings. The molecule has 1 aliphatic carbocycles. The average Bonchev–Trinajstić information content (AvgIpc) is 3.58. The monoisotopic (exact) mass is 560 g/mol. The number of esters is 1. The lowest BCUT2D eigenvalue weighted by Crippen LogP contribution is -2.21. The van der Waals surface area contributed by atoms with Crippen LogP contribution in [0, 0.1) is 25.6 Å². The van der Waals surface area contributed by atoms with Crippen molar-refractivity contribution in [3.63, 3.8) is 0 Å². The molecule has 0 N–H and O–H groups in total. The molecule has 7 heteroatoms. The molecule has 1 saturated heterocycles. The van der Waals surface area contributed by atoms with Crippen LogP contribution in [0.15, 0.2) is 42.5 Å². The largest absolute Gasteiger partial charge is 0.493 e. The van der Waals surface area contributed by atoms with Crippen LogP contribution in [0.1, 0.15) is 65.5 Å². The molecule has 0 bridgehead atoms. The summed E-state index contributed by atoms with van der Waals surface area (Å²) in [6.07, 6.45) is 3.38. The van der Waals surface area contributed by atoms with Crippen LogP contribution in [0.2, 0.25) is 0 Å². The first kappa shape index (κ1) is 27.6. The molecular weight excluding hydrogens is 523 g/mol. The summed E-state index contributed by atoms with van der Waals surface area (Å²) in [6.45, 7) is 6.94. The van der Waals surface area contributed by atoms with Gasteiger partial charge in [0.05, 0.1) is 26.7 Å². The average molecular weight is 561 g/mol. The minimum Gasteiger partial charge on any atom is -0.493 e. The van der Waals surface area contributed by atoms with Gasteiger partial charge in [-0.25, -0.2) is 4.39 Å². The van der Waals surface area contributed by atoms with E-state index in [-0.39, 0.29) is 24.1 Å². The maximum absolute atomic E-state index is 15.3. The van der Waals surface area contributed by atoms with Crippen LogP contribution in [-0.4, -0.2) is 39.5 Å². The maximum Gasteiger partial charge on any atom is 0.306 e. The van der Waals surface area contributed by atoms with E-state index in [2.05, 4.69) is 26.0 Å². The van der Waals surface area contributed by atoms with Crippen molar-refractivity contribution >= 4 is 5.97 Å². The van der Waals surface area contributed by atoms with Crippen molar-refractivity contribution in [2.75, 3.05) is 33.5 Å². The summed E-state index contributed by atoms with van der Waals surface area (Å²) >= 11 is 0. The van der Waals surface area contributed by atoms with Crippen LogP contribution >= 0.6 is 0 Å². The molecule has 6 nitrogen and oxygen atoms in total. The van der Waals surface area contributed by atoms with E-state index in [0.717, 1.165) is 71.6 Å². The fourth-order valence-electron chi connectivity index (χ4n) is 6.53. The molecule has 3 aromatic rings. The Balaban J connectivity index is 1.21. The Morgan fingerprint density at radius 1 is 1.00 bits per heavy atom. The molecule has 3 aromatic carbocycles. The van der Waals surface area contributed by atoms with Gasteiger partial charge in [0.15, 0.2) is 0 Å². The van der Waals surface area contributed by atoms with E-state index in [1.807, 2.05) is 24.3 Å². The number of methoxy groups -OCH3 is 1. The molecule has 0 amide bonds. The summed E-state index contributed by atoms with van der Waals surface area (Å²) in [4.78, 5) is 11.8. The number of rotatable bonds is 8. The van der Waals surface area contributed by atoms with Crippen LogP contribution in [0.3, 0.4) is 0 Å². The number of benzene rings is 3. The van der Waals surface area contributed by atoms with E-state index in [0.29, 0.717) is 42.6 Å². The van der Waals surface area contributed by atoms with Gasteiger partial charge in [-0.3, -0.25) is 4.79 Å². The number of carbonyl (C=O) groups is 1. The van der Waals surface area contributed by atoms with E-state index in [9.17, 15) is 4.79 Å². The molecule has 2 atom stereocenters. The van der Waals surface area contributed by atoms with Gasteiger partial charge >= 0.3 is 5.97 Å². The molecule has 3 aliphatic rings. The fraction of sp³-hybridized carbons (Fsp3) is 0.441. The third kappa shape index (κ3) is 5.65. The molecular formula is C34H37FO6. The predicted octanol–water partition coefficient (Wildman–Crippen LogP) is 7.02. The van der Waals surface area contributed by atoms with Crippen molar-refractivity contribution in [1.82, 2.24) is 0 Å². The van der Waals surface area contributed by atoms with E-state index in [4.69, 9.17) is 23.7 Å². The van der Waals surface area contributed by atoms with E-state index < -0.39 is 6.10 Å². The van der Waals surface area contributed by atoms with Gasteiger partial charge in [0, 0.05) is 36.3 Å². The number of hydrogen-bond donors (Lipinski definition) is 0. The highest BCUT2D eigenvalue weighted by atomic mass is 19.1. The van der Waals surface area contributed by atoms with E-state index >= 15 is 4.39 Å². The minimum absolute atomic E-state index is 0.0381. The van der Waals surface area contributed by atoms with Crippen LogP contribution < -0.4 is 14.2 Å². The molecule has 0 spiro atoms. The van der Waals surface area contributed by atoms with Crippen LogP contribution in [0.5, 0.6) is 17.2 Å². The minimum atomic E-state index is -0.391. The van der Waals surface area contributed by atoms with Crippen LogP contribution in [0.25, 0.3) is 11.1 Å². The van der Waals surface area contributed by atoms with Gasteiger partial charge in [0.2, 0.25) is 0 Å². The zero-order valence-corrected chi connectivity index (χ0v) is 24.0. The van der Waals surface area contributed by atoms with Crippen molar-refractivity contribution in [2.45, 2.75) is 58.0 Å². The lowest BCUT2D eigenvalue weighted by atomic mass is 9.90. The van der Waals surface area contributed by atoms with Gasteiger partial charge in [0.25, 0.3) is 0 Å². The molecule has 0 aromatic heterocycles. The topological polar surface area (TPSA) is 63.2 Å². The Kier molecular flexibility index (Phi) is 7.89. The quantitative estimate of drug-likeness (QED) is 0.276. The van der Waals surface area contributed by atoms with E-state index in [1.54, 1.807) is 6.07 Å². The molecule has 2 aliphatic heterocycles. The molecule has 1 unspecified atom stereocenters. The number of ether oxygens (including phenoxy) is 5. The Labute approximate surface area is 240 Å². The van der Waals surface area contributed by atoms with Crippen molar-refractivity contribution in [1.29, 1.82) is 0 Å². The number of carbonyl (C=O) groups excluding carboxylic acids is 1. The van der Waals surface area contributed by atoms with Crippen molar-refractivity contribution in [3.8, 4) is 28.4 Å². The van der Waals surface area contributed by atoms with Crippen molar-refractivity contribution in [3.05, 3.63) is 76.1 Å². The Morgan fingerprint density at radius 3 is 2.54 bits per heavy atom. The van der Waals surface area contributed by atoms with Gasteiger partial charge in [-0.05, 0) is 97.5 Å². The van der Waals surface area contributed by atoms with Crippen LogP contribution in [0.4, 0.5) is 4.39 Å². The summed E-state index contributed by atoms with van der Waals surface area (Å²) in [7, 11) is 1.39. The molecule has 0 saturated carbocycles. The third-order valence-corrected chi connectivity index (χ3v) is 8.67. The van der Waals surface area contributed by atoms with Gasteiger partial charge in [-0.2, -0.15) is 0 Å². The summed E-state index contributed by atoms with van der Waals surface area (Å²) in [5.41, 5.74) is 7.02. The van der Waals surface area contributed by atoms with Gasteiger partial charge < -0.3 is 23.7 Å². The van der Waals surface area contributed by atoms with Crippen LogP contribution in [-0.2, 0) is 20.7 Å². The maximum atomic E-state index is 15.3. The number of aryl methyl sites for hydroxylation is 2. The second-order valence-corrected chi connectivity index (χ2v) is 11.4. The highest BCUT2D eigenvalue weighted by Gasteiger charge is 2.32. The normalized spacial score (nSPS) is 19.8. The second-order valence-electron chi connectivity index (χ2n) is 11.4. The highest BCUT2D eigenvalue weighted by Crippen LogP contribution is 2.45. The number of hydrogen-bond acceptors (Lipinski definition) is 6. The first-order chi connectivity index (χ1) is 19.9. The Morgan fingerprint density at radius 2 is 1.78 bits per heavy atom. The standard InChI is InChI=1S/C34H37FO6/c1-20-14-25(39-18-22-10-12-38-13-11-22)15-21(2)33(20)27-6-8-29(35)34-28(27)7-9-30(34)41-24-4-5-26-23(16-32(36)37-3)19-40-31(26)17-24/h4-6,8,14-15,17,22-23,30H,7,9-13,16,18-19H2,1-3H3/t23-,30?/m1/s1. The summed E-state index contributed by atoms with van der Waals surface area (Å²) < 4.78 is 44.0. The summed E-state index contributed by atoms with van der Waals surface area (Å²) in [5.74, 6) is 2.20. The molecule has 41 heavy (non-hydrogen) atoms. The molecule has 0 radical (unpaired) electrons. The fourth-order valence-corrected chi connectivity index (χ4v) is 6.53. The van der Waals surface area contributed by atoms with Gasteiger partial charge in [-0.15, -0.1) is 0 Å². The number of halogens is 1. The summed E-state index contributed by atoms with van der Waals surface area (Å²) in [5, 5.41) is 0. The van der Waals surface area contributed by atoms with E-state index in [1.165, 1.54) is 7.11 Å². The van der Waals surface area contributed by atoms with Crippen molar-refractivity contribution in [2.24, 2.45) is 5.92 Å². The predicted molar refractivity (Wildman–Crippen MR) is 153 cm³/mol. The van der Waals surface area contributed by atoms with Gasteiger partial charge in [0.1, 0.15) is 29.2 Å². The first-order valence-corrected chi connectivity index (χ1v) is 14.5. The lowest BCUT2D eigenvalue weighted by molar-refractivity contribution is -0.141. The smallest absolute Gasteiger partial charge is 0.306 e. The Bertz CT molecular complexity index is 1420. The van der Waals surface area contributed by atoms with Gasteiger partial charge in [-0.1, -0.05) is 12.1 Å². The van der Waals surface area contributed by atoms with Crippen molar-refractivity contribution < 1.29 is 32.9 Å².